The van der Waals surface area contributed by atoms with Crippen molar-refractivity contribution in [2.75, 3.05) is 33.0 Å². The number of carboxylic acids is 1. The van der Waals surface area contributed by atoms with Gasteiger partial charge in [0, 0.05) is 12.8 Å². The molecule has 1 fully saturated rings. The van der Waals surface area contributed by atoms with Gasteiger partial charge in [0.05, 0.1) is 19.8 Å². The van der Waals surface area contributed by atoms with Crippen molar-refractivity contribution >= 4 is 23.9 Å². The van der Waals surface area contributed by atoms with E-state index in [1.54, 1.807) is 0 Å². The van der Waals surface area contributed by atoms with Crippen molar-refractivity contribution in [1.82, 2.24) is 5.06 Å². The van der Waals surface area contributed by atoms with Crippen LogP contribution < -0.4 is 0 Å². The first-order chi connectivity index (χ1) is 10.0. The highest BCUT2D eigenvalue weighted by atomic mass is 16.8. The summed E-state index contributed by atoms with van der Waals surface area (Å²) in [5, 5.41) is 8.66. The third-order valence-corrected chi connectivity index (χ3v) is 2.22. The lowest BCUT2D eigenvalue weighted by Crippen LogP contribution is -2.32. The fraction of sp³-hybridized carbons (Fsp3) is 0.636. The topological polar surface area (TPSA) is 129 Å². The Bertz CT molecular complexity index is 392. The molecule has 118 valence electrons. The van der Waals surface area contributed by atoms with E-state index in [1.165, 1.54) is 0 Å². The Morgan fingerprint density at radius 3 is 2.19 bits per heavy atom. The molecule has 0 unspecified atom stereocenters. The van der Waals surface area contributed by atoms with E-state index >= 15 is 0 Å². The summed E-state index contributed by atoms with van der Waals surface area (Å²) < 4.78 is 14.3. The number of hydrogen-bond donors (Lipinski definition) is 1. The maximum absolute atomic E-state index is 11.2. The number of carbonyl (C=O) groups excluding carboxylic acids is 3. The fourth-order valence-corrected chi connectivity index (χ4v) is 1.32. The highest BCUT2D eigenvalue weighted by Gasteiger charge is 2.33. The summed E-state index contributed by atoms with van der Waals surface area (Å²) in [7, 11) is 0. The largest absolute Gasteiger partial charge is 0.534 e. The molecule has 0 radical (unpaired) electrons. The number of hydroxylamine groups is 2. The predicted molar refractivity (Wildman–Crippen MR) is 62.8 cm³/mol. The molecule has 1 aliphatic rings. The molecule has 0 aromatic heterocycles. The molecule has 1 heterocycles. The Balaban J connectivity index is 2.00. The van der Waals surface area contributed by atoms with Crippen molar-refractivity contribution in [3.05, 3.63) is 0 Å². The number of imide groups is 1. The molecule has 0 atom stereocenters. The monoisotopic (exact) mass is 305 g/mol. The maximum atomic E-state index is 11.2. The van der Waals surface area contributed by atoms with Crippen LogP contribution in [0, 0.1) is 0 Å². The maximum Gasteiger partial charge on any atom is 0.534 e. The summed E-state index contributed by atoms with van der Waals surface area (Å²) in [6.45, 7) is -0.298. The fourth-order valence-electron chi connectivity index (χ4n) is 1.32. The minimum Gasteiger partial charge on any atom is -0.480 e. The number of hydrogen-bond acceptors (Lipinski definition) is 8. The Kier molecular flexibility index (Phi) is 7.12. The average Bonchev–Trinajstić information content (AvgIpc) is 2.73. The minimum absolute atomic E-state index is 0.00552. The lowest BCUT2D eigenvalue weighted by atomic mass is 10.4. The Morgan fingerprint density at radius 2 is 1.57 bits per heavy atom. The van der Waals surface area contributed by atoms with E-state index in [0.717, 1.165) is 0 Å². The van der Waals surface area contributed by atoms with Crippen LogP contribution in [0.3, 0.4) is 0 Å². The highest BCUT2D eigenvalue weighted by Crippen LogP contribution is 2.12. The van der Waals surface area contributed by atoms with Gasteiger partial charge in [-0.1, -0.05) is 5.06 Å². The number of rotatable bonds is 9. The van der Waals surface area contributed by atoms with Crippen molar-refractivity contribution < 1.29 is 43.3 Å². The van der Waals surface area contributed by atoms with Crippen LogP contribution in [0.2, 0.25) is 0 Å². The Labute approximate surface area is 119 Å². The van der Waals surface area contributed by atoms with Crippen molar-refractivity contribution in [3.63, 3.8) is 0 Å². The van der Waals surface area contributed by atoms with Crippen LogP contribution in [-0.4, -0.2) is 67.1 Å². The molecular weight excluding hydrogens is 290 g/mol. The number of carbonyl (C=O) groups is 4. The molecule has 2 amide bonds. The van der Waals surface area contributed by atoms with Crippen molar-refractivity contribution in [2.24, 2.45) is 0 Å². The van der Waals surface area contributed by atoms with E-state index in [-0.39, 0.29) is 39.3 Å². The second-order valence-corrected chi connectivity index (χ2v) is 3.83. The highest BCUT2D eigenvalue weighted by molar-refractivity contribution is 6.01. The van der Waals surface area contributed by atoms with Gasteiger partial charge in [0.2, 0.25) is 0 Å². The van der Waals surface area contributed by atoms with Gasteiger partial charge in [-0.3, -0.25) is 14.4 Å². The lowest BCUT2D eigenvalue weighted by molar-refractivity contribution is -0.177. The van der Waals surface area contributed by atoms with Gasteiger partial charge in [0.25, 0.3) is 11.8 Å². The van der Waals surface area contributed by atoms with Crippen LogP contribution in [-0.2, 0) is 33.4 Å². The standard InChI is InChI=1S/C11H15NO9/c13-8-1-2-9(14)12(8)21-11(17)20-6-5-18-3-4-19-7-10(15)16/h1-7H2,(H,15,16). The molecule has 0 saturated carbocycles. The third kappa shape index (κ3) is 6.68. The molecule has 0 spiro atoms. The SMILES string of the molecule is O=C(O)COCCOCCOC(=O)ON1C(=O)CCC1=O. The number of carboxylic acid groups (broad SMARTS) is 1. The molecule has 21 heavy (non-hydrogen) atoms. The van der Waals surface area contributed by atoms with E-state index < -0.39 is 30.5 Å². The number of amides is 2. The van der Waals surface area contributed by atoms with Gasteiger partial charge in [-0.25, -0.2) is 9.59 Å². The zero-order valence-electron chi connectivity index (χ0n) is 11.1. The molecule has 10 nitrogen and oxygen atoms in total. The number of aliphatic carboxylic acids is 1. The first-order valence-corrected chi connectivity index (χ1v) is 6.08. The third-order valence-electron chi connectivity index (χ3n) is 2.22. The van der Waals surface area contributed by atoms with E-state index in [1.807, 2.05) is 0 Å². The summed E-state index contributed by atoms with van der Waals surface area (Å²) in [5.74, 6) is -2.26. The van der Waals surface area contributed by atoms with Crippen molar-refractivity contribution in [3.8, 4) is 0 Å². The van der Waals surface area contributed by atoms with Gasteiger partial charge < -0.3 is 19.3 Å². The second kappa shape index (κ2) is 8.87. The zero-order chi connectivity index (χ0) is 15.7. The normalized spacial score (nSPS) is 14.4. The molecule has 0 aromatic rings. The molecule has 1 aliphatic heterocycles. The summed E-state index contributed by atoms with van der Waals surface area (Å²) in [4.78, 5) is 48.0. The van der Waals surface area contributed by atoms with E-state index in [4.69, 9.17) is 14.6 Å². The van der Waals surface area contributed by atoms with E-state index in [2.05, 4.69) is 9.57 Å². The second-order valence-electron chi connectivity index (χ2n) is 3.83. The van der Waals surface area contributed by atoms with Crippen molar-refractivity contribution in [2.45, 2.75) is 12.8 Å². The van der Waals surface area contributed by atoms with Gasteiger partial charge >= 0.3 is 12.1 Å². The first-order valence-electron chi connectivity index (χ1n) is 6.08. The van der Waals surface area contributed by atoms with Crippen LogP contribution in [0.5, 0.6) is 0 Å². The molecular formula is C11H15NO9. The summed E-state index contributed by atoms with van der Waals surface area (Å²) in [6, 6.07) is 0. The van der Waals surface area contributed by atoms with Gasteiger partial charge in [-0.2, -0.15) is 0 Å². The zero-order valence-corrected chi connectivity index (χ0v) is 11.1. The van der Waals surface area contributed by atoms with Crippen LogP contribution in [0.25, 0.3) is 0 Å². The van der Waals surface area contributed by atoms with Gasteiger partial charge in [0.1, 0.15) is 13.2 Å². The van der Waals surface area contributed by atoms with E-state index in [0.29, 0.717) is 5.06 Å². The number of nitrogens with zero attached hydrogens (tertiary/aromatic N) is 1. The smallest absolute Gasteiger partial charge is 0.480 e. The summed E-state index contributed by atoms with van der Waals surface area (Å²) in [6.07, 6.45) is -1.17. The molecule has 1 rings (SSSR count). The van der Waals surface area contributed by atoms with Gasteiger partial charge in [0.15, 0.2) is 0 Å². The predicted octanol–water partition coefficient (Wildman–Crippen LogP) is -0.679. The van der Waals surface area contributed by atoms with Crippen LogP contribution >= 0.6 is 0 Å². The van der Waals surface area contributed by atoms with Gasteiger partial charge in [-0.05, 0) is 0 Å². The molecule has 0 aliphatic carbocycles. The summed E-state index contributed by atoms with van der Waals surface area (Å²) in [5.41, 5.74) is 0. The molecule has 10 heteroatoms. The number of ether oxygens (including phenoxy) is 3. The van der Waals surface area contributed by atoms with Crippen molar-refractivity contribution in [1.29, 1.82) is 0 Å². The summed E-state index contributed by atoms with van der Waals surface area (Å²) >= 11 is 0. The molecule has 1 N–H and O–H groups in total. The van der Waals surface area contributed by atoms with E-state index in [9.17, 15) is 19.2 Å². The Hall–Kier alpha value is -2.20. The minimum atomic E-state index is -1.18. The molecule has 0 bridgehead atoms. The first kappa shape index (κ1) is 16.9. The van der Waals surface area contributed by atoms with Crippen LogP contribution in [0.15, 0.2) is 0 Å². The molecule has 1 saturated heterocycles. The van der Waals surface area contributed by atoms with Crippen LogP contribution in [0.1, 0.15) is 12.8 Å². The molecule has 0 aromatic carbocycles. The Morgan fingerprint density at radius 1 is 1.00 bits per heavy atom. The average molecular weight is 305 g/mol. The lowest BCUT2D eigenvalue weighted by Gasteiger charge is -2.12. The quantitative estimate of drug-likeness (QED) is 0.334. The van der Waals surface area contributed by atoms with Crippen LogP contribution in [0.4, 0.5) is 4.79 Å². The van der Waals surface area contributed by atoms with Gasteiger partial charge in [-0.15, -0.1) is 0 Å².